The van der Waals surface area contributed by atoms with E-state index in [1.54, 1.807) is 23.7 Å². The van der Waals surface area contributed by atoms with E-state index in [1.807, 2.05) is 6.07 Å². The van der Waals surface area contributed by atoms with E-state index in [2.05, 4.69) is 36.3 Å². The molecule has 2 aromatic rings. The zero-order chi connectivity index (χ0) is 11.5. The molecule has 2 aromatic heterocycles. The number of hydrogen-bond donors (Lipinski definition) is 2. The van der Waals surface area contributed by atoms with Crippen molar-refractivity contribution in [1.82, 2.24) is 4.98 Å². The average molecular weight is 233 g/mol. The van der Waals surface area contributed by atoms with Gasteiger partial charge in [0.15, 0.2) is 0 Å². The molecule has 0 radical (unpaired) electrons. The molecule has 0 fully saturated rings. The van der Waals surface area contributed by atoms with Gasteiger partial charge in [0, 0.05) is 16.0 Å². The van der Waals surface area contributed by atoms with Crippen LogP contribution in [0.4, 0.5) is 11.4 Å². The molecule has 84 valence electrons. The van der Waals surface area contributed by atoms with Crippen LogP contribution in [0, 0.1) is 6.92 Å². The van der Waals surface area contributed by atoms with Gasteiger partial charge in [-0.15, -0.1) is 11.3 Å². The molecule has 0 saturated carbocycles. The number of aromatic nitrogens is 1. The fraction of sp³-hybridized carbons (Fsp3) is 0.250. The van der Waals surface area contributed by atoms with Gasteiger partial charge in [-0.3, -0.25) is 4.98 Å². The Balaban J connectivity index is 2.10. The third-order valence-corrected chi connectivity index (χ3v) is 3.51. The summed E-state index contributed by atoms with van der Waals surface area (Å²) in [5.41, 5.74) is 7.31. The van der Waals surface area contributed by atoms with Crippen molar-refractivity contribution in [2.45, 2.75) is 19.9 Å². The van der Waals surface area contributed by atoms with Crippen LogP contribution in [-0.4, -0.2) is 4.98 Å². The predicted octanol–water partition coefficient (Wildman–Crippen LogP) is 3.21. The number of nitrogens with two attached hydrogens (primary N) is 1. The summed E-state index contributed by atoms with van der Waals surface area (Å²) in [6, 6.07) is 6.46. The molecule has 1 atom stereocenters. The summed E-state index contributed by atoms with van der Waals surface area (Å²) in [6.07, 6.45) is 3.43. The standard InChI is InChI=1S/C12H15N3S/c1-8-3-4-12(16-8)9(2)15-11-5-10(13)6-14-7-11/h3-7,9,15H,13H2,1-2H3. The average Bonchev–Trinajstić information content (AvgIpc) is 2.65. The first-order chi connectivity index (χ1) is 7.65. The normalized spacial score (nSPS) is 12.4. The Hall–Kier alpha value is -1.55. The number of nitrogen functional groups attached to an aromatic ring is 1. The number of nitrogens with one attached hydrogen (secondary N) is 1. The molecule has 3 N–H and O–H groups in total. The lowest BCUT2D eigenvalue weighted by atomic mass is 10.2. The number of anilines is 2. The molecule has 4 heteroatoms. The quantitative estimate of drug-likeness (QED) is 0.856. The highest BCUT2D eigenvalue weighted by Crippen LogP contribution is 2.25. The van der Waals surface area contributed by atoms with Crippen LogP contribution in [0.25, 0.3) is 0 Å². The molecular weight excluding hydrogens is 218 g/mol. The molecule has 0 aromatic carbocycles. The van der Waals surface area contributed by atoms with Crippen LogP contribution in [0.15, 0.2) is 30.6 Å². The van der Waals surface area contributed by atoms with Gasteiger partial charge in [0.1, 0.15) is 0 Å². The molecule has 0 aliphatic rings. The SMILES string of the molecule is Cc1ccc(C(C)Nc2cncc(N)c2)s1. The van der Waals surface area contributed by atoms with Crippen molar-refractivity contribution in [2.24, 2.45) is 0 Å². The van der Waals surface area contributed by atoms with Gasteiger partial charge in [-0.1, -0.05) is 0 Å². The Labute approximate surface area is 99.3 Å². The number of thiophene rings is 1. The van der Waals surface area contributed by atoms with E-state index in [0.717, 1.165) is 5.69 Å². The summed E-state index contributed by atoms with van der Waals surface area (Å²) in [4.78, 5) is 6.70. The third-order valence-electron chi connectivity index (χ3n) is 2.33. The van der Waals surface area contributed by atoms with E-state index < -0.39 is 0 Å². The fourth-order valence-electron chi connectivity index (χ4n) is 1.54. The Bertz CT molecular complexity index is 479. The highest BCUT2D eigenvalue weighted by atomic mass is 32.1. The summed E-state index contributed by atoms with van der Waals surface area (Å²) in [6.45, 7) is 4.25. The second-order valence-corrected chi connectivity index (χ2v) is 5.14. The number of pyridine rings is 1. The van der Waals surface area contributed by atoms with Gasteiger partial charge >= 0.3 is 0 Å². The van der Waals surface area contributed by atoms with Crippen molar-refractivity contribution in [3.63, 3.8) is 0 Å². The summed E-state index contributed by atoms with van der Waals surface area (Å²) >= 11 is 1.81. The maximum Gasteiger partial charge on any atom is 0.0579 e. The smallest absolute Gasteiger partial charge is 0.0579 e. The Kier molecular flexibility index (Phi) is 3.10. The molecule has 0 aliphatic carbocycles. The summed E-state index contributed by atoms with van der Waals surface area (Å²) in [7, 11) is 0. The van der Waals surface area contributed by atoms with Crippen molar-refractivity contribution < 1.29 is 0 Å². The second-order valence-electron chi connectivity index (χ2n) is 3.82. The van der Waals surface area contributed by atoms with Crippen LogP contribution < -0.4 is 11.1 Å². The number of hydrogen-bond acceptors (Lipinski definition) is 4. The lowest BCUT2D eigenvalue weighted by Crippen LogP contribution is -2.05. The summed E-state index contributed by atoms with van der Waals surface area (Å²) in [5.74, 6) is 0. The Morgan fingerprint density at radius 2 is 2.19 bits per heavy atom. The summed E-state index contributed by atoms with van der Waals surface area (Å²) in [5, 5.41) is 3.38. The van der Waals surface area contributed by atoms with Gasteiger partial charge in [0.05, 0.1) is 23.6 Å². The minimum atomic E-state index is 0.280. The topological polar surface area (TPSA) is 50.9 Å². The summed E-state index contributed by atoms with van der Waals surface area (Å²) < 4.78 is 0. The number of nitrogens with zero attached hydrogens (tertiary/aromatic N) is 1. The first kappa shape index (κ1) is 11.0. The van der Waals surface area contributed by atoms with E-state index in [4.69, 9.17) is 5.73 Å². The van der Waals surface area contributed by atoms with Gasteiger partial charge in [-0.05, 0) is 32.0 Å². The molecule has 0 aliphatic heterocycles. The highest BCUT2D eigenvalue weighted by molar-refractivity contribution is 7.12. The van der Waals surface area contributed by atoms with Crippen LogP contribution in [0.2, 0.25) is 0 Å². The van der Waals surface area contributed by atoms with Crippen LogP contribution in [0.3, 0.4) is 0 Å². The van der Waals surface area contributed by atoms with Crippen LogP contribution in [0.1, 0.15) is 22.7 Å². The van der Waals surface area contributed by atoms with E-state index >= 15 is 0 Å². The largest absolute Gasteiger partial charge is 0.397 e. The monoisotopic (exact) mass is 233 g/mol. The molecular formula is C12H15N3S. The first-order valence-electron chi connectivity index (χ1n) is 5.18. The zero-order valence-corrected chi connectivity index (χ0v) is 10.2. The first-order valence-corrected chi connectivity index (χ1v) is 6.00. The second kappa shape index (κ2) is 4.53. The van der Waals surface area contributed by atoms with Crippen LogP contribution in [0.5, 0.6) is 0 Å². The number of aryl methyl sites for hydroxylation is 1. The van der Waals surface area contributed by atoms with E-state index in [0.29, 0.717) is 5.69 Å². The van der Waals surface area contributed by atoms with Gasteiger partial charge < -0.3 is 11.1 Å². The maximum absolute atomic E-state index is 5.68. The molecule has 1 unspecified atom stereocenters. The van der Waals surface area contributed by atoms with Crippen molar-refractivity contribution >= 4 is 22.7 Å². The molecule has 0 amide bonds. The minimum Gasteiger partial charge on any atom is -0.397 e. The predicted molar refractivity (Wildman–Crippen MR) is 69.7 cm³/mol. The van der Waals surface area contributed by atoms with Gasteiger partial charge in [-0.25, -0.2) is 0 Å². The van der Waals surface area contributed by atoms with Crippen molar-refractivity contribution in [3.8, 4) is 0 Å². The minimum absolute atomic E-state index is 0.280. The molecule has 0 spiro atoms. The van der Waals surface area contributed by atoms with E-state index in [-0.39, 0.29) is 6.04 Å². The highest BCUT2D eigenvalue weighted by Gasteiger charge is 2.07. The molecule has 3 nitrogen and oxygen atoms in total. The van der Waals surface area contributed by atoms with Crippen LogP contribution >= 0.6 is 11.3 Å². The molecule has 0 saturated heterocycles. The van der Waals surface area contributed by atoms with Crippen molar-refractivity contribution in [3.05, 3.63) is 40.3 Å². The lowest BCUT2D eigenvalue weighted by molar-refractivity contribution is 0.906. The molecule has 16 heavy (non-hydrogen) atoms. The van der Waals surface area contributed by atoms with Crippen molar-refractivity contribution in [2.75, 3.05) is 11.1 Å². The number of rotatable bonds is 3. The van der Waals surface area contributed by atoms with Crippen molar-refractivity contribution in [1.29, 1.82) is 0 Å². The fourth-order valence-corrected chi connectivity index (χ4v) is 2.42. The molecule has 0 bridgehead atoms. The molecule has 2 heterocycles. The van der Waals surface area contributed by atoms with Crippen LogP contribution in [-0.2, 0) is 0 Å². The van der Waals surface area contributed by atoms with Gasteiger partial charge in [0.2, 0.25) is 0 Å². The lowest BCUT2D eigenvalue weighted by Gasteiger charge is -2.13. The third kappa shape index (κ3) is 2.52. The maximum atomic E-state index is 5.68. The van der Waals surface area contributed by atoms with Gasteiger partial charge in [-0.2, -0.15) is 0 Å². The molecule has 2 rings (SSSR count). The van der Waals surface area contributed by atoms with E-state index in [1.165, 1.54) is 9.75 Å². The zero-order valence-electron chi connectivity index (χ0n) is 9.40. The Morgan fingerprint density at radius 1 is 1.38 bits per heavy atom. The Morgan fingerprint density at radius 3 is 2.81 bits per heavy atom. The van der Waals surface area contributed by atoms with Gasteiger partial charge in [0.25, 0.3) is 0 Å². The van der Waals surface area contributed by atoms with E-state index in [9.17, 15) is 0 Å².